The highest BCUT2D eigenvalue weighted by Gasteiger charge is 2.06. The smallest absolute Gasteiger partial charge is 0.319 e. The van der Waals surface area contributed by atoms with E-state index < -0.39 is 6.03 Å². The lowest BCUT2D eigenvalue weighted by Crippen LogP contribution is -2.28. The predicted octanol–water partition coefficient (Wildman–Crippen LogP) is 4.45. The van der Waals surface area contributed by atoms with Gasteiger partial charge in [0.2, 0.25) is 0 Å². The molecule has 0 spiro atoms. The molecule has 0 aromatic heterocycles. The summed E-state index contributed by atoms with van der Waals surface area (Å²) in [4.78, 5) is 11.7. The molecule has 20 heavy (non-hydrogen) atoms. The van der Waals surface area contributed by atoms with E-state index >= 15 is 0 Å². The van der Waals surface area contributed by atoms with Crippen LogP contribution in [0.3, 0.4) is 0 Å². The van der Waals surface area contributed by atoms with Crippen LogP contribution in [0.25, 0.3) is 0 Å². The van der Waals surface area contributed by atoms with Crippen LogP contribution in [-0.4, -0.2) is 6.03 Å². The molecule has 0 atom stereocenters. The van der Waals surface area contributed by atoms with Gasteiger partial charge in [-0.15, -0.1) is 0 Å². The largest absolute Gasteiger partial charge is 0.334 e. The van der Waals surface area contributed by atoms with Crippen molar-refractivity contribution in [2.24, 2.45) is 0 Å². The first-order valence-electron chi connectivity index (χ1n) is 5.79. The number of hydrogen-bond donors (Lipinski definition) is 2. The summed E-state index contributed by atoms with van der Waals surface area (Å²) in [6.45, 7) is 0.210. The zero-order valence-electron chi connectivity index (χ0n) is 10.3. The third-order valence-corrected chi connectivity index (χ3v) is 3.08. The Morgan fingerprint density at radius 3 is 2.70 bits per heavy atom. The van der Waals surface area contributed by atoms with Gasteiger partial charge in [0.15, 0.2) is 0 Å². The summed E-state index contributed by atoms with van der Waals surface area (Å²) in [5.74, 6) is -0.345. The summed E-state index contributed by atoms with van der Waals surface area (Å²) in [7, 11) is 0. The number of carbonyl (C=O) groups is 1. The molecular weight excluding hydrogens is 302 g/mol. The molecule has 2 aromatic carbocycles. The molecule has 2 aromatic rings. The minimum Gasteiger partial charge on any atom is -0.334 e. The van der Waals surface area contributed by atoms with Crippen molar-refractivity contribution >= 4 is 34.9 Å². The number of hydrogen-bond acceptors (Lipinski definition) is 1. The Hall–Kier alpha value is -1.78. The molecule has 2 amide bonds. The molecule has 0 bridgehead atoms. The van der Waals surface area contributed by atoms with E-state index in [0.29, 0.717) is 21.3 Å². The number of carbonyl (C=O) groups excluding carboxylic acids is 1. The number of nitrogens with one attached hydrogen (secondary N) is 2. The van der Waals surface area contributed by atoms with Crippen LogP contribution in [0.15, 0.2) is 42.5 Å². The lowest BCUT2D eigenvalue weighted by atomic mass is 10.2. The molecular formula is C14H11Cl2FN2O. The van der Waals surface area contributed by atoms with E-state index in [2.05, 4.69) is 10.6 Å². The molecule has 2 rings (SSSR count). The van der Waals surface area contributed by atoms with Gasteiger partial charge >= 0.3 is 6.03 Å². The Bertz CT molecular complexity index is 634. The van der Waals surface area contributed by atoms with Crippen LogP contribution in [0.1, 0.15) is 5.56 Å². The average molecular weight is 313 g/mol. The molecule has 0 saturated heterocycles. The van der Waals surface area contributed by atoms with Crippen LogP contribution in [-0.2, 0) is 6.54 Å². The van der Waals surface area contributed by atoms with Gasteiger partial charge in [-0.05, 0) is 35.9 Å². The maximum Gasteiger partial charge on any atom is 0.319 e. The van der Waals surface area contributed by atoms with Gasteiger partial charge in [-0.25, -0.2) is 9.18 Å². The Morgan fingerprint density at radius 2 is 1.95 bits per heavy atom. The Labute approximate surface area is 125 Å². The van der Waals surface area contributed by atoms with Gasteiger partial charge in [0.05, 0.1) is 10.7 Å². The van der Waals surface area contributed by atoms with Gasteiger partial charge in [-0.2, -0.15) is 0 Å². The summed E-state index contributed by atoms with van der Waals surface area (Å²) in [6.07, 6.45) is 0. The van der Waals surface area contributed by atoms with Gasteiger partial charge in [-0.3, -0.25) is 0 Å². The van der Waals surface area contributed by atoms with Crippen LogP contribution < -0.4 is 10.6 Å². The van der Waals surface area contributed by atoms with Crippen molar-refractivity contribution < 1.29 is 9.18 Å². The summed E-state index contributed by atoms with van der Waals surface area (Å²) in [5.41, 5.74) is 1.08. The fourth-order valence-electron chi connectivity index (χ4n) is 1.59. The first-order chi connectivity index (χ1) is 9.54. The topological polar surface area (TPSA) is 41.1 Å². The number of anilines is 1. The van der Waals surface area contributed by atoms with E-state index in [1.807, 2.05) is 0 Å². The number of amides is 2. The molecule has 104 valence electrons. The van der Waals surface area contributed by atoms with Crippen molar-refractivity contribution in [2.75, 3.05) is 5.32 Å². The number of benzene rings is 2. The normalized spacial score (nSPS) is 10.2. The van der Waals surface area contributed by atoms with Crippen molar-refractivity contribution in [3.8, 4) is 0 Å². The average Bonchev–Trinajstić information content (AvgIpc) is 2.41. The van der Waals surface area contributed by atoms with E-state index in [-0.39, 0.29) is 12.4 Å². The highest BCUT2D eigenvalue weighted by atomic mass is 35.5. The lowest BCUT2D eigenvalue weighted by Gasteiger charge is -2.09. The van der Waals surface area contributed by atoms with E-state index in [1.165, 1.54) is 12.1 Å². The maximum atomic E-state index is 13.0. The molecule has 3 nitrogen and oxygen atoms in total. The Morgan fingerprint density at radius 1 is 1.15 bits per heavy atom. The van der Waals surface area contributed by atoms with Gasteiger partial charge in [0.1, 0.15) is 5.82 Å². The van der Waals surface area contributed by atoms with Gasteiger partial charge < -0.3 is 10.6 Å². The minimum absolute atomic E-state index is 0.210. The van der Waals surface area contributed by atoms with Crippen molar-refractivity contribution in [1.29, 1.82) is 0 Å². The minimum atomic E-state index is -0.446. The van der Waals surface area contributed by atoms with Gasteiger partial charge in [0.25, 0.3) is 0 Å². The van der Waals surface area contributed by atoms with Gasteiger partial charge in [0, 0.05) is 11.6 Å². The third-order valence-electron chi connectivity index (χ3n) is 2.52. The molecule has 2 N–H and O–H groups in total. The molecule has 0 saturated carbocycles. The zero-order valence-corrected chi connectivity index (χ0v) is 11.8. The van der Waals surface area contributed by atoms with Crippen LogP contribution in [0.4, 0.5) is 14.9 Å². The molecule has 0 fully saturated rings. The van der Waals surface area contributed by atoms with Crippen LogP contribution in [0, 0.1) is 5.82 Å². The number of halogens is 3. The van der Waals surface area contributed by atoms with E-state index in [1.54, 1.807) is 30.3 Å². The Balaban J connectivity index is 1.94. The molecule has 0 aliphatic heterocycles. The van der Waals surface area contributed by atoms with Crippen LogP contribution in [0.2, 0.25) is 10.0 Å². The highest BCUT2D eigenvalue weighted by Crippen LogP contribution is 2.25. The molecule has 6 heteroatoms. The van der Waals surface area contributed by atoms with E-state index in [0.717, 1.165) is 0 Å². The van der Waals surface area contributed by atoms with Crippen LogP contribution >= 0.6 is 23.2 Å². The maximum absolute atomic E-state index is 13.0. The number of rotatable bonds is 3. The van der Waals surface area contributed by atoms with Crippen molar-refractivity contribution in [3.05, 3.63) is 63.9 Å². The summed E-state index contributed by atoms with van der Waals surface area (Å²) >= 11 is 11.7. The van der Waals surface area contributed by atoms with Crippen molar-refractivity contribution in [1.82, 2.24) is 5.32 Å². The fourth-order valence-corrected chi connectivity index (χ4v) is 1.93. The lowest BCUT2D eigenvalue weighted by molar-refractivity contribution is 0.251. The van der Waals surface area contributed by atoms with E-state index in [4.69, 9.17) is 23.2 Å². The molecule has 0 aliphatic carbocycles. The second-order valence-corrected chi connectivity index (χ2v) is 4.91. The zero-order chi connectivity index (χ0) is 14.5. The third kappa shape index (κ3) is 4.11. The van der Waals surface area contributed by atoms with E-state index in [9.17, 15) is 9.18 Å². The first kappa shape index (κ1) is 14.6. The molecule has 0 unspecified atom stereocenters. The molecule has 0 heterocycles. The standard InChI is InChI=1S/C14H11Cl2FN2O/c15-10-4-5-12(16)13(7-10)19-14(20)18-8-9-2-1-3-11(17)6-9/h1-7H,8H2,(H2,18,19,20). The summed E-state index contributed by atoms with van der Waals surface area (Å²) in [6, 6.07) is 10.3. The predicted molar refractivity (Wildman–Crippen MR) is 78.7 cm³/mol. The number of urea groups is 1. The fraction of sp³-hybridized carbons (Fsp3) is 0.0714. The first-order valence-corrected chi connectivity index (χ1v) is 6.54. The molecule has 0 aliphatic rings. The monoisotopic (exact) mass is 312 g/mol. The SMILES string of the molecule is O=C(NCc1cccc(F)c1)Nc1cc(Cl)ccc1Cl. The van der Waals surface area contributed by atoms with Crippen molar-refractivity contribution in [2.45, 2.75) is 6.54 Å². The molecule has 0 radical (unpaired) electrons. The Kier molecular flexibility index (Phi) is 4.82. The second kappa shape index (κ2) is 6.59. The van der Waals surface area contributed by atoms with Crippen molar-refractivity contribution in [3.63, 3.8) is 0 Å². The quantitative estimate of drug-likeness (QED) is 0.863. The van der Waals surface area contributed by atoms with Crippen LogP contribution in [0.5, 0.6) is 0 Å². The summed E-state index contributed by atoms with van der Waals surface area (Å²) < 4.78 is 13.0. The second-order valence-electron chi connectivity index (χ2n) is 4.06. The highest BCUT2D eigenvalue weighted by molar-refractivity contribution is 6.35. The summed E-state index contributed by atoms with van der Waals surface area (Å²) in [5, 5.41) is 6.03. The van der Waals surface area contributed by atoms with Gasteiger partial charge in [-0.1, -0.05) is 35.3 Å².